The Kier molecular flexibility index (Phi) is 4.74. The third kappa shape index (κ3) is 3.83. The Bertz CT molecular complexity index is 481. The van der Waals surface area contributed by atoms with Crippen molar-refractivity contribution >= 4 is 0 Å². The van der Waals surface area contributed by atoms with Gasteiger partial charge in [0.2, 0.25) is 0 Å². The molecule has 0 radical (unpaired) electrons. The normalized spacial score (nSPS) is 24.3. The van der Waals surface area contributed by atoms with E-state index in [-0.39, 0.29) is 11.2 Å². The van der Waals surface area contributed by atoms with Gasteiger partial charge in [-0.1, -0.05) is 32.9 Å². The number of benzene rings is 1. The van der Waals surface area contributed by atoms with Crippen LogP contribution >= 0.6 is 0 Å². The summed E-state index contributed by atoms with van der Waals surface area (Å²) in [4.78, 5) is 2.51. The van der Waals surface area contributed by atoms with Gasteiger partial charge in [-0.3, -0.25) is 4.90 Å². The maximum Gasteiger partial charge on any atom is 0.129 e. The summed E-state index contributed by atoms with van der Waals surface area (Å²) < 4.78 is 13.8. The van der Waals surface area contributed by atoms with E-state index in [1.165, 1.54) is 5.56 Å². The minimum atomic E-state index is -0.0697. The lowest BCUT2D eigenvalue weighted by Gasteiger charge is -2.44. The van der Waals surface area contributed by atoms with Crippen LogP contribution in [0, 0.1) is 25.1 Å². The van der Waals surface area contributed by atoms with Crippen molar-refractivity contribution in [2.45, 2.75) is 60.2 Å². The van der Waals surface area contributed by atoms with Gasteiger partial charge < -0.3 is 5.32 Å². The zero-order chi connectivity index (χ0) is 15.8. The highest BCUT2D eigenvalue weighted by Crippen LogP contribution is 2.25. The summed E-state index contributed by atoms with van der Waals surface area (Å²) in [5.74, 6) is -0.0697. The molecule has 2 nitrogen and oxygen atoms in total. The quantitative estimate of drug-likeness (QED) is 0.895. The number of halogens is 1. The summed E-state index contributed by atoms with van der Waals surface area (Å²) in [5, 5.41) is 3.65. The van der Waals surface area contributed by atoms with Crippen LogP contribution in [0.4, 0.5) is 4.39 Å². The number of rotatable bonds is 2. The molecule has 1 N–H and O–H groups in total. The zero-order valence-electron chi connectivity index (χ0n) is 14.3. The standard InChI is InChI=1S/C18H29FN2/c1-12-7-15(8-13(2)17(12)19)10-21-11-16(18(4,5)6)20-9-14(21)3/h7-8,14,16,20H,9-11H2,1-6H3. The fourth-order valence-electron chi connectivity index (χ4n) is 3.08. The second-order valence-corrected chi connectivity index (χ2v) is 7.65. The van der Waals surface area contributed by atoms with E-state index in [0.717, 1.165) is 30.8 Å². The number of aryl methyl sites for hydroxylation is 2. The van der Waals surface area contributed by atoms with Crippen LogP contribution in [-0.4, -0.2) is 30.1 Å². The highest BCUT2D eigenvalue weighted by Gasteiger charge is 2.32. The molecule has 3 heteroatoms. The monoisotopic (exact) mass is 292 g/mol. The first-order valence-corrected chi connectivity index (χ1v) is 7.91. The summed E-state index contributed by atoms with van der Waals surface area (Å²) in [5.41, 5.74) is 2.97. The van der Waals surface area contributed by atoms with E-state index in [4.69, 9.17) is 0 Å². The van der Waals surface area contributed by atoms with Crippen LogP contribution in [0.5, 0.6) is 0 Å². The molecule has 1 aliphatic rings. The molecule has 0 aliphatic carbocycles. The molecule has 1 saturated heterocycles. The Morgan fingerprint density at radius 2 is 1.81 bits per heavy atom. The van der Waals surface area contributed by atoms with E-state index in [0.29, 0.717) is 12.1 Å². The maximum absolute atomic E-state index is 13.8. The predicted molar refractivity (Wildman–Crippen MR) is 87.0 cm³/mol. The number of hydrogen-bond donors (Lipinski definition) is 1. The van der Waals surface area contributed by atoms with Gasteiger partial charge in [0.05, 0.1) is 0 Å². The second kappa shape index (κ2) is 6.05. The van der Waals surface area contributed by atoms with E-state index in [9.17, 15) is 4.39 Å². The molecule has 0 aromatic heterocycles. The number of hydrogen-bond acceptors (Lipinski definition) is 2. The molecule has 2 unspecified atom stereocenters. The lowest BCUT2D eigenvalue weighted by molar-refractivity contribution is 0.0877. The smallest absolute Gasteiger partial charge is 0.129 e. The minimum Gasteiger partial charge on any atom is -0.311 e. The molecule has 21 heavy (non-hydrogen) atoms. The highest BCUT2D eigenvalue weighted by molar-refractivity contribution is 5.30. The molecule has 0 bridgehead atoms. The molecule has 0 spiro atoms. The fraction of sp³-hybridized carbons (Fsp3) is 0.667. The van der Waals surface area contributed by atoms with Gasteiger partial charge in [0.15, 0.2) is 0 Å². The SMILES string of the molecule is Cc1cc(CN2CC(C(C)(C)C)NCC2C)cc(C)c1F. The average molecular weight is 292 g/mol. The number of nitrogens with zero attached hydrogens (tertiary/aromatic N) is 1. The predicted octanol–water partition coefficient (Wildman–Crippen LogP) is 3.65. The van der Waals surface area contributed by atoms with Gasteiger partial charge in [0.1, 0.15) is 5.82 Å². The van der Waals surface area contributed by atoms with Gasteiger partial charge in [-0.2, -0.15) is 0 Å². The molecule has 0 saturated carbocycles. The first kappa shape index (κ1) is 16.4. The summed E-state index contributed by atoms with van der Waals surface area (Å²) in [6.07, 6.45) is 0. The fourth-order valence-corrected chi connectivity index (χ4v) is 3.08. The molecular weight excluding hydrogens is 263 g/mol. The molecule has 1 aromatic carbocycles. The van der Waals surface area contributed by atoms with E-state index in [2.05, 4.69) is 37.9 Å². The summed E-state index contributed by atoms with van der Waals surface area (Å²) in [6.45, 7) is 15.8. The van der Waals surface area contributed by atoms with Crippen molar-refractivity contribution in [3.63, 3.8) is 0 Å². The molecule has 2 rings (SSSR count). The average Bonchev–Trinajstić information content (AvgIpc) is 2.37. The van der Waals surface area contributed by atoms with Crippen LogP contribution in [0.25, 0.3) is 0 Å². The molecule has 0 amide bonds. The molecule has 2 atom stereocenters. The molecule has 118 valence electrons. The highest BCUT2D eigenvalue weighted by atomic mass is 19.1. The van der Waals surface area contributed by atoms with Gasteiger partial charge >= 0.3 is 0 Å². The van der Waals surface area contributed by atoms with Crippen LogP contribution in [0.15, 0.2) is 12.1 Å². The zero-order valence-corrected chi connectivity index (χ0v) is 14.3. The third-order valence-corrected chi connectivity index (χ3v) is 4.63. The Morgan fingerprint density at radius 1 is 1.24 bits per heavy atom. The van der Waals surface area contributed by atoms with Crippen molar-refractivity contribution in [1.29, 1.82) is 0 Å². The largest absolute Gasteiger partial charge is 0.311 e. The van der Waals surface area contributed by atoms with E-state index in [1.807, 2.05) is 26.0 Å². The van der Waals surface area contributed by atoms with Gasteiger partial charge in [0.25, 0.3) is 0 Å². The second-order valence-electron chi connectivity index (χ2n) is 7.65. The van der Waals surface area contributed by atoms with E-state index >= 15 is 0 Å². The van der Waals surface area contributed by atoms with E-state index in [1.54, 1.807) is 0 Å². The molecule has 1 aliphatic heterocycles. The first-order chi connectivity index (χ1) is 9.68. The van der Waals surface area contributed by atoms with Crippen LogP contribution in [0.3, 0.4) is 0 Å². The van der Waals surface area contributed by atoms with Gasteiger partial charge in [-0.05, 0) is 42.9 Å². The Balaban J connectivity index is 2.14. The lowest BCUT2D eigenvalue weighted by atomic mass is 9.84. The van der Waals surface area contributed by atoms with Crippen LogP contribution in [-0.2, 0) is 6.54 Å². The first-order valence-electron chi connectivity index (χ1n) is 7.91. The Morgan fingerprint density at radius 3 is 2.33 bits per heavy atom. The van der Waals surface area contributed by atoms with Crippen LogP contribution in [0.1, 0.15) is 44.4 Å². The van der Waals surface area contributed by atoms with Crippen molar-refractivity contribution in [1.82, 2.24) is 10.2 Å². The maximum atomic E-state index is 13.8. The van der Waals surface area contributed by atoms with Crippen molar-refractivity contribution in [2.24, 2.45) is 5.41 Å². The Labute approximate surface area is 128 Å². The number of nitrogens with one attached hydrogen (secondary N) is 1. The topological polar surface area (TPSA) is 15.3 Å². The number of piperazine rings is 1. The molecular formula is C18H29FN2. The van der Waals surface area contributed by atoms with Crippen molar-refractivity contribution < 1.29 is 4.39 Å². The van der Waals surface area contributed by atoms with Crippen molar-refractivity contribution in [3.8, 4) is 0 Å². The van der Waals surface area contributed by atoms with Gasteiger partial charge in [-0.25, -0.2) is 4.39 Å². The molecule has 1 heterocycles. The summed E-state index contributed by atoms with van der Waals surface area (Å²) >= 11 is 0. The third-order valence-electron chi connectivity index (χ3n) is 4.63. The van der Waals surface area contributed by atoms with Crippen LogP contribution in [0.2, 0.25) is 0 Å². The molecule has 1 fully saturated rings. The summed E-state index contributed by atoms with van der Waals surface area (Å²) in [6, 6.07) is 4.98. The minimum absolute atomic E-state index is 0.0697. The lowest BCUT2D eigenvalue weighted by Crippen LogP contribution is -2.59. The van der Waals surface area contributed by atoms with Gasteiger partial charge in [0, 0.05) is 31.7 Å². The van der Waals surface area contributed by atoms with Gasteiger partial charge in [-0.15, -0.1) is 0 Å². The van der Waals surface area contributed by atoms with E-state index < -0.39 is 0 Å². The molecule has 1 aromatic rings. The van der Waals surface area contributed by atoms with Crippen LogP contribution < -0.4 is 5.32 Å². The Hall–Kier alpha value is -0.930. The summed E-state index contributed by atoms with van der Waals surface area (Å²) in [7, 11) is 0. The van der Waals surface area contributed by atoms with Crippen molar-refractivity contribution in [2.75, 3.05) is 13.1 Å². The van der Waals surface area contributed by atoms with Crippen molar-refractivity contribution in [3.05, 3.63) is 34.6 Å².